The molecule has 3 N–H and O–H groups in total. The van der Waals surface area contributed by atoms with E-state index in [9.17, 15) is 9.59 Å². The summed E-state index contributed by atoms with van der Waals surface area (Å²) in [6.45, 7) is 0.967. The van der Waals surface area contributed by atoms with E-state index in [1.807, 2.05) is 18.2 Å². The van der Waals surface area contributed by atoms with Crippen LogP contribution < -0.4 is 5.73 Å². The summed E-state index contributed by atoms with van der Waals surface area (Å²) in [5, 5.41) is 6.43. The number of nitrogens with two attached hydrogens (primary N) is 1. The van der Waals surface area contributed by atoms with Crippen molar-refractivity contribution in [1.82, 2.24) is 15.1 Å². The van der Waals surface area contributed by atoms with Gasteiger partial charge in [0.05, 0.1) is 0 Å². The van der Waals surface area contributed by atoms with Crippen molar-refractivity contribution < 1.29 is 9.59 Å². The lowest BCUT2D eigenvalue weighted by atomic mass is 9.90. The monoisotopic (exact) mass is 332 g/mol. The number of carbonyl (C=O) groups is 2. The van der Waals surface area contributed by atoms with Gasteiger partial charge in [-0.15, -0.1) is 0 Å². The number of aromatic nitrogens is 2. The number of likely N-dealkylation sites (tertiary alicyclic amines) is 1. The first kappa shape index (κ1) is 15.6. The predicted molar refractivity (Wildman–Crippen MR) is 87.4 cm³/mol. The quantitative estimate of drug-likeness (QED) is 0.844. The van der Waals surface area contributed by atoms with Crippen LogP contribution in [0.25, 0.3) is 0 Å². The smallest absolute Gasteiger partial charge is 0.273 e. The summed E-state index contributed by atoms with van der Waals surface area (Å²) >= 11 is 5.98. The van der Waals surface area contributed by atoms with E-state index in [0.717, 1.165) is 12.8 Å². The molecule has 120 valence electrons. The molecule has 1 atom stereocenters. The fourth-order valence-electron chi connectivity index (χ4n) is 2.86. The summed E-state index contributed by atoms with van der Waals surface area (Å²) in [6, 6.07) is 9.15. The highest BCUT2D eigenvalue weighted by Crippen LogP contribution is 2.25. The third kappa shape index (κ3) is 3.07. The van der Waals surface area contributed by atoms with Crippen LogP contribution in [0.3, 0.4) is 0 Å². The Morgan fingerprint density at radius 3 is 2.70 bits per heavy atom. The van der Waals surface area contributed by atoms with E-state index in [1.54, 1.807) is 17.0 Å². The summed E-state index contributed by atoms with van der Waals surface area (Å²) in [5.74, 6) is -0.304. The number of hydrogen-bond acceptors (Lipinski definition) is 4. The lowest BCUT2D eigenvalue weighted by Crippen LogP contribution is -2.42. The van der Waals surface area contributed by atoms with Crippen LogP contribution in [0.5, 0.6) is 0 Å². The third-order valence-electron chi connectivity index (χ3n) is 4.08. The first-order valence-electron chi connectivity index (χ1n) is 7.46. The molecule has 23 heavy (non-hydrogen) atoms. The second-order valence-electron chi connectivity index (χ2n) is 5.62. The fraction of sp³-hybridized carbons (Fsp3) is 0.312. The maximum Gasteiger partial charge on any atom is 0.273 e. The van der Waals surface area contributed by atoms with Gasteiger partial charge < -0.3 is 10.6 Å². The van der Waals surface area contributed by atoms with Crippen LogP contribution in [-0.2, 0) is 0 Å². The second-order valence-corrected chi connectivity index (χ2v) is 6.00. The zero-order valence-electron chi connectivity index (χ0n) is 12.5. The number of halogens is 1. The Labute approximate surface area is 138 Å². The van der Waals surface area contributed by atoms with Crippen LogP contribution in [0.15, 0.2) is 30.3 Å². The first-order valence-corrected chi connectivity index (χ1v) is 7.83. The van der Waals surface area contributed by atoms with Crippen molar-refractivity contribution in [3.63, 3.8) is 0 Å². The third-order valence-corrected chi connectivity index (χ3v) is 4.47. The molecule has 1 fully saturated rings. The topological polar surface area (TPSA) is 92.1 Å². The molecule has 2 heterocycles. The number of benzene rings is 1. The highest BCUT2D eigenvalue weighted by atomic mass is 35.5. The predicted octanol–water partition coefficient (Wildman–Crippen LogP) is 2.38. The number of Topliss-reactive ketones (excluding diaryl/α,β-unsaturated/α-hetero) is 1. The standard InChI is InChI=1S/C16H17ClN4O2/c17-12-13(19-20-15(12)18)16(23)21-8-4-7-11(9-21)14(22)10-5-2-1-3-6-10/h1-3,5-6,11H,4,7-9H2,(H3,18,19,20)/t11-/m1/s1. The van der Waals surface area contributed by atoms with Gasteiger partial charge in [-0.25, -0.2) is 0 Å². The average Bonchev–Trinajstić information content (AvgIpc) is 2.93. The zero-order chi connectivity index (χ0) is 16.4. The van der Waals surface area contributed by atoms with E-state index < -0.39 is 0 Å². The minimum Gasteiger partial charge on any atom is -0.381 e. The van der Waals surface area contributed by atoms with E-state index in [1.165, 1.54) is 0 Å². The Balaban J connectivity index is 1.75. The molecular formula is C16H17ClN4O2. The second kappa shape index (κ2) is 6.42. The molecule has 1 saturated heterocycles. The largest absolute Gasteiger partial charge is 0.381 e. The van der Waals surface area contributed by atoms with E-state index in [-0.39, 0.29) is 34.1 Å². The maximum atomic E-state index is 12.6. The summed E-state index contributed by atoms with van der Waals surface area (Å²) in [7, 11) is 0. The van der Waals surface area contributed by atoms with E-state index >= 15 is 0 Å². The number of aromatic amines is 1. The molecule has 1 aliphatic rings. The summed E-state index contributed by atoms with van der Waals surface area (Å²) in [5.41, 5.74) is 6.41. The number of nitrogen functional groups attached to an aromatic ring is 1. The van der Waals surface area contributed by atoms with Gasteiger partial charge in [-0.1, -0.05) is 41.9 Å². The minimum atomic E-state index is -0.273. The lowest BCUT2D eigenvalue weighted by molar-refractivity contribution is 0.0632. The van der Waals surface area contributed by atoms with Gasteiger partial charge in [-0.2, -0.15) is 5.10 Å². The minimum absolute atomic E-state index is 0.0679. The van der Waals surface area contributed by atoms with Crippen LogP contribution in [0.2, 0.25) is 5.02 Å². The van der Waals surface area contributed by atoms with Crippen molar-refractivity contribution in [2.75, 3.05) is 18.8 Å². The highest BCUT2D eigenvalue weighted by molar-refractivity contribution is 6.35. The number of ketones is 1. The number of anilines is 1. The van der Waals surface area contributed by atoms with Gasteiger partial charge in [-0.3, -0.25) is 14.7 Å². The Bertz CT molecular complexity index is 729. The Kier molecular flexibility index (Phi) is 4.34. The van der Waals surface area contributed by atoms with Crippen LogP contribution in [-0.4, -0.2) is 39.9 Å². The van der Waals surface area contributed by atoms with Gasteiger partial charge in [0.2, 0.25) is 0 Å². The fourth-order valence-corrected chi connectivity index (χ4v) is 3.02. The molecule has 0 aliphatic carbocycles. The molecule has 3 rings (SSSR count). The molecule has 1 aromatic heterocycles. The Hall–Kier alpha value is -2.34. The molecule has 0 radical (unpaired) electrons. The lowest BCUT2D eigenvalue weighted by Gasteiger charge is -2.31. The van der Waals surface area contributed by atoms with Gasteiger partial charge >= 0.3 is 0 Å². The van der Waals surface area contributed by atoms with Crippen LogP contribution in [0.1, 0.15) is 33.7 Å². The molecule has 0 saturated carbocycles. The van der Waals surface area contributed by atoms with Gasteiger partial charge in [0.1, 0.15) is 10.7 Å². The van der Waals surface area contributed by atoms with Gasteiger partial charge in [0, 0.05) is 24.6 Å². The van der Waals surface area contributed by atoms with Crippen molar-refractivity contribution >= 4 is 29.1 Å². The molecule has 2 aromatic rings. The highest BCUT2D eigenvalue weighted by Gasteiger charge is 2.31. The first-order chi connectivity index (χ1) is 11.1. The number of nitrogens with one attached hydrogen (secondary N) is 1. The summed E-state index contributed by atoms with van der Waals surface area (Å²) in [4.78, 5) is 26.7. The van der Waals surface area contributed by atoms with Crippen LogP contribution in [0.4, 0.5) is 5.82 Å². The zero-order valence-corrected chi connectivity index (χ0v) is 13.2. The van der Waals surface area contributed by atoms with Gasteiger partial charge in [0.15, 0.2) is 11.6 Å². The van der Waals surface area contributed by atoms with Crippen LogP contribution >= 0.6 is 11.6 Å². The van der Waals surface area contributed by atoms with Crippen LogP contribution in [0, 0.1) is 5.92 Å². The number of amides is 1. The SMILES string of the molecule is Nc1n[nH]c(C(=O)N2CCC[C@@H](C(=O)c3ccccc3)C2)c1Cl. The number of carbonyl (C=O) groups excluding carboxylic acids is 2. The van der Waals surface area contributed by atoms with E-state index in [2.05, 4.69) is 10.2 Å². The molecule has 6 nitrogen and oxygen atoms in total. The molecule has 1 amide bonds. The maximum absolute atomic E-state index is 12.6. The number of H-pyrrole nitrogens is 1. The normalized spacial score (nSPS) is 18.0. The Morgan fingerprint density at radius 1 is 1.30 bits per heavy atom. The molecule has 0 spiro atoms. The number of hydrogen-bond donors (Lipinski definition) is 2. The molecular weight excluding hydrogens is 316 g/mol. The van der Waals surface area contributed by atoms with Crippen molar-refractivity contribution in [2.45, 2.75) is 12.8 Å². The number of nitrogens with zero attached hydrogens (tertiary/aromatic N) is 2. The number of piperidine rings is 1. The molecule has 0 unspecified atom stereocenters. The van der Waals surface area contributed by atoms with Gasteiger partial charge in [-0.05, 0) is 12.8 Å². The van der Waals surface area contributed by atoms with E-state index in [0.29, 0.717) is 18.7 Å². The van der Waals surface area contributed by atoms with Gasteiger partial charge in [0.25, 0.3) is 5.91 Å². The average molecular weight is 333 g/mol. The Morgan fingerprint density at radius 2 is 2.04 bits per heavy atom. The number of rotatable bonds is 3. The summed E-state index contributed by atoms with van der Waals surface area (Å²) < 4.78 is 0. The van der Waals surface area contributed by atoms with Crippen molar-refractivity contribution in [3.8, 4) is 0 Å². The molecule has 7 heteroatoms. The molecule has 0 bridgehead atoms. The van der Waals surface area contributed by atoms with Crippen molar-refractivity contribution in [3.05, 3.63) is 46.6 Å². The molecule has 1 aliphatic heterocycles. The molecule has 1 aromatic carbocycles. The van der Waals surface area contributed by atoms with Crippen molar-refractivity contribution in [1.29, 1.82) is 0 Å². The van der Waals surface area contributed by atoms with Crippen molar-refractivity contribution in [2.24, 2.45) is 5.92 Å². The van der Waals surface area contributed by atoms with E-state index in [4.69, 9.17) is 17.3 Å². The summed E-state index contributed by atoms with van der Waals surface area (Å²) in [6.07, 6.45) is 1.55.